The third-order valence-corrected chi connectivity index (χ3v) is 3.22. The van der Waals surface area contributed by atoms with Crippen molar-refractivity contribution in [3.63, 3.8) is 0 Å². The van der Waals surface area contributed by atoms with Crippen LogP contribution in [-0.4, -0.2) is 9.97 Å². The molecule has 1 aromatic rings. The fourth-order valence-electron chi connectivity index (χ4n) is 0.737. The molecule has 0 aliphatic heterocycles. The Morgan fingerprint density at radius 3 is 2.55 bits per heavy atom. The van der Waals surface area contributed by atoms with E-state index in [-0.39, 0.29) is 0 Å². The van der Waals surface area contributed by atoms with Crippen molar-refractivity contribution in [1.82, 2.24) is 9.97 Å². The molecule has 1 rings (SSSR count). The molecule has 0 saturated carbocycles. The van der Waals surface area contributed by atoms with Crippen molar-refractivity contribution >= 4 is 34.2 Å². The van der Waals surface area contributed by atoms with Gasteiger partial charge in [-0.1, -0.05) is 18.5 Å². The van der Waals surface area contributed by atoms with Gasteiger partial charge in [0.1, 0.15) is 11.0 Å². The van der Waals surface area contributed by atoms with Crippen molar-refractivity contribution in [2.45, 2.75) is 20.3 Å². The summed E-state index contributed by atoms with van der Waals surface area (Å²) in [5.41, 5.74) is 0.961. The van der Waals surface area contributed by atoms with Gasteiger partial charge in [-0.2, -0.15) is 0 Å². The van der Waals surface area contributed by atoms with Crippen LogP contribution in [0.15, 0.2) is 0 Å². The van der Waals surface area contributed by atoms with Gasteiger partial charge in [-0.3, -0.25) is 0 Å². The van der Waals surface area contributed by atoms with Gasteiger partial charge in [0.2, 0.25) is 0 Å². The number of halogens is 2. The molecule has 0 bridgehead atoms. The SMILES string of the molecule is CCc1nc(C)c(I)c(Cl)n1. The second-order valence-electron chi connectivity index (χ2n) is 2.18. The lowest BCUT2D eigenvalue weighted by Gasteiger charge is -2.01. The van der Waals surface area contributed by atoms with Gasteiger partial charge in [0.05, 0.1) is 9.26 Å². The Balaban J connectivity index is 3.21. The topological polar surface area (TPSA) is 25.8 Å². The van der Waals surface area contributed by atoms with Gasteiger partial charge in [-0.05, 0) is 29.5 Å². The highest BCUT2D eigenvalue weighted by atomic mass is 127. The van der Waals surface area contributed by atoms with Crippen LogP contribution < -0.4 is 0 Å². The zero-order chi connectivity index (χ0) is 8.43. The number of hydrogen-bond acceptors (Lipinski definition) is 2. The Bertz CT molecular complexity index is 252. The molecule has 0 unspecified atom stereocenters. The van der Waals surface area contributed by atoms with Crippen molar-refractivity contribution in [1.29, 1.82) is 0 Å². The van der Waals surface area contributed by atoms with Crippen LogP contribution in [0.2, 0.25) is 5.15 Å². The van der Waals surface area contributed by atoms with E-state index < -0.39 is 0 Å². The Morgan fingerprint density at radius 2 is 2.09 bits per heavy atom. The van der Waals surface area contributed by atoms with E-state index in [1.807, 2.05) is 13.8 Å². The van der Waals surface area contributed by atoms with Crippen LogP contribution in [0, 0.1) is 10.5 Å². The van der Waals surface area contributed by atoms with Crippen molar-refractivity contribution in [3.05, 3.63) is 20.2 Å². The second kappa shape index (κ2) is 3.67. The van der Waals surface area contributed by atoms with Gasteiger partial charge in [0, 0.05) is 6.42 Å². The predicted molar refractivity (Wildman–Crippen MR) is 53.9 cm³/mol. The van der Waals surface area contributed by atoms with Gasteiger partial charge in [-0.15, -0.1) is 0 Å². The highest BCUT2D eigenvalue weighted by Crippen LogP contribution is 2.18. The normalized spacial score (nSPS) is 10.2. The minimum atomic E-state index is 0.565. The first-order valence-electron chi connectivity index (χ1n) is 3.33. The molecule has 60 valence electrons. The third-order valence-electron chi connectivity index (χ3n) is 1.34. The third kappa shape index (κ3) is 2.02. The molecule has 0 radical (unpaired) electrons. The lowest BCUT2D eigenvalue weighted by atomic mass is 10.4. The summed E-state index contributed by atoms with van der Waals surface area (Å²) in [6.45, 7) is 3.95. The van der Waals surface area contributed by atoms with Crippen molar-refractivity contribution in [3.8, 4) is 0 Å². The number of hydrogen-bond donors (Lipinski definition) is 0. The molecular formula is C7H8ClIN2. The molecule has 0 aromatic carbocycles. The molecule has 0 aliphatic rings. The van der Waals surface area contributed by atoms with Crippen LogP contribution in [0.1, 0.15) is 18.4 Å². The number of nitrogens with zero attached hydrogens (tertiary/aromatic N) is 2. The predicted octanol–water partition coefficient (Wildman–Crippen LogP) is 2.61. The summed E-state index contributed by atoms with van der Waals surface area (Å²) >= 11 is 7.98. The Labute approximate surface area is 84.5 Å². The fraction of sp³-hybridized carbons (Fsp3) is 0.429. The number of rotatable bonds is 1. The molecule has 0 N–H and O–H groups in total. The Hall–Kier alpha value is 0.1000. The molecule has 1 aromatic heterocycles. The molecule has 0 saturated heterocycles. The van der Waals surface area contributed by atoms with E-state index in [2.05, 4.69) is 32.6 Å². The van der Waals surface area contributed by atoms with E-state index >= 15 is 0 Å². The highest BCUT2D eigenvalue weighted by molar-refractivity contribution is 14.1. The minimum Gasteiger partial charge on any atom is -0.237 e. The van der Waals surface area contributed by atoms with E-state index in [9.17, 15) is 0 Å². The molecule has 11 heavy (non-hydrogen) atoms. The van der Waals surface area contributed by atoms with E-state index in [0.29, 0.717) is 5.15 Å². The van der Waals surface area contributed by atoms with Crippen LogP contribution in [0.25, 0.3) is 0 Å². The lowest BCUT2D eigenvalue weighted by Crippen LogP contribution is -1.98. The van der Waals surface area contributed by atoms with E-state index in [1.54, 1.807) is 0 Å². The first-order chi connectivity index (χ1) is 5.15. The largest absolute Gasteiger partial charge is 0.237 e. The van der Waals surface area contributed by atoms with Crippen LogP contribution in [0.5, 0.6) is 0 Å². The summed E-state index contributed by atoms with van der Waals surface area (Å²) < 4.78 is 0.946. The summed E-state index contributed by atoms with van der Waals surface area (Å²) in [6.07, 6.45) is 0.831. The summed E-state index contributed by atoms with van der Waals surface area (Å²) in [7, 11) is 0. The summed E-state index contributed by atoms with van der Waals surface area (Å²) in [5, 5.41) is 0.565. The molecule has 0 spiro atoms. The standard InChI is InChI=1S/C7H8ClIN2/c1-3-5-10-4(2)6(9)7(8)11-5/h3H2,1-2H3. The maximum absolute atomic E-state index is 5.84. The Morgan fingerprint density at radius 1 is 1.45 bits per heavy atom. The average molecular weight is 283 g/mol. The van der Waals surface area contributed by atoms with Gasteiger partial charge in [0.15, 0.2) is 0 Å². The van der Waals surface area contributed by atoms with Gasteiger partial charge in [0.25, 0.3) is 0 Å². The summed E-state index contributed by atoms with van der Waals surface area (Å²) in [4.78, 5) is 8.35. The van der Waals surface area contributed by atoms with Crippen LogP contribution in [-0.2, 0) is 6.42 Å². The first kappa shape index (κ1) is 9.19. The second-order valence-corrected chi connectivity index (χ2v) is 3.62. The fourth-order valence-corrected chi connectivity index (χ4v) is 1.21. The first-order valence-corrected chi connectivity index (χ1v) is 4.79. The lowest BCUT2D eigenvalue weighted by molar-refractivity contribution is 0.910. The average Bonchev–Trinajstić information content (AvgIpc) is 1.99. The molecule has 1 heterocycles. The minimum absolute atomic E-state index is 0.565. The van der Waals surface area contributed by atoms with Crippen molar-refractivity contribution in [2.75, 3.05) is 0 Å². The summed E-state index contributed by atoms with van der Waals surface area (Å²) in [6, 6.07) is 0. The highest BCUT2D eigenvalue weighted by Gasteiger charge is 2.04. The summed E-state index contributed by atoms with van der Waals surface area (Å²) in [5.74, 6) is 0.813. The van der Waals surface area contributed by atoms with Crippen LogP contribution in [0.3, 0.4) is 0 Å². The van der Waals surface area contributed by atoms with E-state index in [0.717, 1.165) is 21.5 Å². The number of aryl methyl sites for hydroxylation is 2. The molecule has 0 atom stereocenters. The van der Waals surface area contributed by atoms with Crippen molar-refractivity contribution < 1.29 is 0 Å². The molecule has 0 amide bonds. The molecule has 2 nitrogen and oxygen atoms in total. The maximum Gasteiger partial charge on any atom is 0.146 e. The van der Waals surface area contributed by atoms with Crippen molar-refractivity contribution in [2.24, 2.45) is 0 Å². The molecule has 0 fully saturated rings. The molecule has 0 aliphatic carbocycles. The zero-order valence-corrected chi connectivity index (χ0v) is 9.27. The zero-order valence-electron chi connectivity index (χ0n) is 6.36. The smallest absolute Gasteiger partial charge is 0.146 e. The van der Waals surface area contributed by atoms with Gasteiger partial charge in [-0.25, -0.2) is 9.97 Å². The van der Waals surface area contributed by atoms with Gasteiger partial charge < -0.3 is 0 Å². The molecule has 4 heteroatoms. The monoisotopic (exact) mass is 282 g/mol. The number of aromatic nitrogens is 2. The van der Waals surface area contributed by atoms with Crippen LogP contribution in [0.4, 0.5) is 0 Å². The Kier molecular flexibility index (Phi) is 3.06. The van der Waals surface area contributed by atoms with E-state index in [4.69, 9.17) is 11.6 Å². The maximum atomic E-state index is 5.84. The molecular weight excluding hydrogens is 274 g/mol. The van der Waals surface area contributed by atoms with E-state index in [1.165, 1.54) is 0 Å². The van der Waals surface area contributed by atoms with Gasteiger partial charge >= 0.3 is 0 Å². The quantitative estimate of drug-likeness (QED) is 0.584. The van der Waals surface area contributed by atoms with Crippen LogP contribution >= 0.6 is 34.2 Å².